The predicted molar refractivity (Wildman–Crippen MR) is 88.0 cm³/mol. The molecule has 3 aromatic rings. The van der Waals surface area contributed by atoms with Crippen LogP contribution in [0.1, 0.15) is 23.1 Å². The first-order valence-corrected chi connectivity index (χ1v) is 7.54. The minimum Gasteiger partial charge on any atom is -0.345 e. The molecule has 112 valence electrons. The maximum atomic E-state index is 12.2. The van der Waals surface area contributed by atoms with Crippen molar-refractivity contribution >= 4 is 28.5 Å². The first-order chi connectivity index (χ1) is 10.7. The van der Waals surface area contributed by atoms with E-state index in [0.717, 1.165) is 23.4 Å². The van der Waals surface area contributed by atoms with E-state index in [1.54, 1.807) is 24.3 Å². The average Bonchev–Trinajstić information content (AvgIpc) is 2.90. The lowest BCUT2D eigenvalue weighted by atomic mass is 10.2. The third kappa shape index (κ3) is 2.83. The molecule has 0 spiro atoms. The number of carbonyl (C=O) groups is 1. The molecule has 4 nitrogen and oxygen atoms in total. The normalized spacial score (nSPS) is 10.8. The lowest BCUT2D eigenvalue weighted by Gasteiger charge is -2.08. The standard InChI is InChI=1S/C17H16ClN3O/c1-2-21-15-6-4-3-5-14(15)20-16(21)11-19-17(22)12-7-9-13(18)10-8-12/h3-10H,2,11H2,1H3,(H,19,22). The third-order valence-electron chi connectivity index (χ3n) is 3.56. The maximum absolute atomic E-state index is 12.2. The Bertz CT molecular complexity index is 808. The highest BCUT2D eigenvalue weighted by Gasteiger charge is 2.11. The van der Waals surface area contributed by atoms with Crippen LogP contribution in [0.15, 0.2) is 48.5 Å². The first kappa shape index (κ1) is 14.6. The van der Waals surface area contributed by atoms with Gasteiger partial charge >= 0.3 is 0 Å². The van der Waals surface area contributed by atoms with E-state index in [1.807, 2.05) is 24.3 Å². The van der Waals surface area contributed by atoms with Gasteiger partial charge in [0.05, 0.1) is 17.6 Å². The van der Waals surface area contributed by atoms with Crippen LogP contribution in [0.5, 0.6) is 0 Å². The summed E-state index contributed by atoms with van der Waals surface area (Å²) in [6.07, 6.45) is 0. The summed E-state index contributed by atoms with van der Waals surface area (Å²) in [6, 6.07) is 14.8. The number of nitrogens with one attached hydrogen (secondary N) is 1. The van der Waals surface area contributed by atoms with Crippen molar-refractivity contribution in [2.24, 2.45) is 0 Å². The number of benzene rings is 2. The lowest BCUT2D eigenvalue weighted by molar-refractivity contribution is 0.0949. The minimum absolute atomic E-state index is 0.133. The van der Waals surface area contributed by atoms with Gasteiger partial charge < -0.3 is 9.88 Å². The Morgan fingerprint density at radius 1 is 1.18 bits per heavy atom. The summed E-state index contributed by atoms with van der Waals surface area (Å²) >= 11 is 5.83. The fraction of sp³-hybridized carbons (Fsp3) is 0.176. The van der Waals surface area contributed by atoms with Crippen molar-refractivity contribution in [2.45, 2.75) is 20.0 Å². The monoisotopic (exact) mass is 313 g/mol. The molecule has 0 saturated carbocycles. The first-order valence-electron chi connectivity index (χ1n) is 7.17. The highest BCUT2D eigenvalue weighted by molar-refractivity contribution is 6.30. The number of aromatic nitrogens is 2. The second kappa shape index (κ2) is 6.20. The number of aryl methyl sites for hydroxylation is 1. The summed E-state index contributed by atoms with van der Waals surface area (Å²) in [5.41, 5.74) is 2.62. The number of carbonyl (C=O) groups excluding carboxylic acids is 1. The quantitative estimate of drug-likeness (QED) is 0.799. The fourth-order valence-corrected chi connectivity index (χ4v) is 2.60. The second-order valence-corrected chi connectivity index (χ2v) is 5.39. The topological polar surface area (TPSA) is 46.9 Å². The van der Waals surface area contributed by atoms with Gasteiger partial charge in [-0.25, -0.2) is 4.98 Å². The average molecular weight is 314 g/mol. The van der Waals surface area contributed by atoms with Crippen LogP contribution in [-0.2, 0) is 13.1 Å². The molecular formula is C17H16ClN3O. The number of imidazole rings is 1. The minimum atomic E-state index is -0.133. The molecule has 0 saturated heterocycles. The number of rotatable bonds is 4. The maximum Gasteiger partial charge on any atom is 0.251 e. The van der Waals surface area contributed by atoms with E-state index in [4.69, 9.17) is 11.6 Å². The number of nitrogens with zero attached hydrogens (tertiary/aromatic N) is 2. The molecule has 5 heteroatoms. The molecule has 1 N–H and O–H groups in total. The number of hydrogen-bond acceptors (Lipinski definition) is 2. The molecule has 0 aliphatic rings. The number of halogens is 1. The molecule has 0 aliphatic carbocycles. The van der Waals surface area contributed by atoms with Gasteiger partial charge in [-0.2, -0.15) is 0 Å². The summed E-state index contributed by atoms with van der Waals surface area (Å²) < 4.78 is 2.11. The molecule has 1 aromatic heterocycles. The van der Waals surface area contributed by atoms with E-state index in [1.165, 1.54) is 0 Å². The highest BCUT2D eigenvalue weighted by Crippen LogP contribution is 2.16. The molecule has 22 heavy (non-hydrogen) atoms. The van der Waals surface area contributed by atoms with Crippen molar-refractivity contribution < 1.29 is 4.79 Å². The molecule has 0 atom stereocenters. The van der Waals surface area contributed by atoms with Gasteiger partial charge in [0.25, 0.3) is 5.91 Å². The van der Waals surface area contributed by atoms with Crippen LogP contribution in [0, 0.1) is 0 Å². The number of para-hydroxylation sites is 2. The van der Waals surface area contributed by atoms with Gasteiger partial charge in [-0.3, -0.25) is 4.79 Å². The van der Waals surface area contributed by atoms with Crippen LogP contribution in [0.3, 0.4) is 0 Å². The van der Waals surface area contributed by atoms with E-state index in [2.05, 4.69) is 21.8 Å². The molecule has 0 unspecified atom stereocenters. The zero-order valence-electron chi connectivity index (χ0n) is 12.2. The molecule has 0 aliphatic heterocycles. The Labute approximate surface area is 133 Å². The van der Waals surface area contributed by atoms with Crippen molar-refractivity contribution in [3.05, 3.63) is 64.9 Å². The van der Waals surface area contributed by atoms with E-state index in [9.17, 15) is 4.79 Å². The summed E-state index contributed by atoms with van der Waals surface area (Å²) in [4.78, 5) is 16.7. The summed E-state index contributed by atoms with van der Waals surface area (Å²) in [5, 5.41) is 3.52. The van der Waals surface area contributed by atoms with Gasteiger partial charge in [0.2, 0.25) is 0 Å². The van der Waals surface area contributed by atoms with Crippen LogP contribution < -0.4 is 5.32 Å². The van der Waals surface area contributed by atoms with E-state index >= 15 is 0 Å². The van der Waals surface area contributed by atoms with Gasteiger partial charge in [0.1, 0.15) is 5.82 Å². The molecule has 1 heterocycles. The Kier molecular flexibility index (Phi) is 4.11. The van der Waals surface area contributed by atoms with Crippen LogP contribution >= 0.6 is 11.6 Å². The van der Waals surface area contributed by atoms with Crippen molar-refractivity contribution in [3.63, 3.8) is 0 Å². The number of fused-ring (bicyclic) bond motifs is 1. The zero-order valence-corrected chi connectivity index (χ0v) is 13.0. The van der Waals surface area contributed by atoms with Crippen LogP contribution in [0.2, 0.25) is 5.02 Å². The lowest BCUT2D eigenvalue weighted by Crippen LogP contribution is -2.24. The van der Waals surface area contributed by atoms with Gasteiger partial charge in [0.15, 0.2) is 0 Å². The van der Waals surface area contributed by atoms with Gasteiger partial charge in [-0.1, -0.05) is 23.7 Å². The fourth-order valence-electron chi connectivity index (χ4n) is 2.48. The summed E-state index contributed by atoms with van der Waals surface area (Å²) in [7, 11) is 0. The van der Waals surface area contributed by atoms with Crippen molar-refractivity contribution in [1.29, 1.82) is 0 Å². The largest absolute Gasteiger partial charge is 0.345 e. The molecule has 0 fully saturated rings. The highest BCUT2D eigenvalue weighted by atomic mass is 35.5. The summed E-state index contributed by atoms with van der Waals surface area (Å²) in [6.45, 7) is 3.27. The SMILES string of the molecule is CCn1c(CNC(=O)c2ccc(Cl)cc2)nc2ccccc21. The zero-order chi connectivity index (χ0) is 15.5. The van der Waals surface area contributed by atoms with Crippen molar-refractivity contribution in [3.8, 4) is 0 Å². The Morgan fingerprint density at radius 3 is 2.64 bits per heavy atom. The third-order valence-corrected chi connectivity index (χ3v) is 3.82. The van der Waals surface area contributed by atoms with Crippen molar-refractivity contribution in [2.75, 3.05) is 0 Å². The Morgan fingerprint density at radius 2 is 1.91 bits per heavy atom. The van der Waals surface area contributed by atoms with E-state index in [-0.39, 0.29) is 5.91 Å². The summed E-state index contributed by atoms with van der Waals surface area (Å²) in [5.74, 6) is 0.720. The molecule has 2 aromatic carbocycles. The molecule has 1 amide bonds. The van der Waals surface area contributed by atoms with E-state index in [0.29, 0.717) is 17.1 Å². The van der Waals surface area contributed by atoms with Crippen LogP contribution in [0.4, 0.5) is 0 Å². The number of amides is 1. The molecular weight excluding hydrogens is 298 g/mol. The molecule has 0 radical (unpaired) electrons. The van der Waals surface area contributed by atoms with Gasteiger partial charge in [-0.15, -0.1) is 0 Å². The Balaban J connectivity index is 1.79. The Hall–Kier alpha value is -2.33. The van der Waals surface area contributed by atoms with Crippen LogP contribution in [0.25, 0.3) is 11.0 Å². The smallest absolute Gasteiger partial charge is 0.251 e. The molecule has 0 bridgehead atoms. The van der Waals surface area contributed by atoms with Gasteiger partial charge in [0, 0.05) is 17.1 Å². The van der Waals surface area contributed by atoms with Crippen LogP contribution in [-0.4, -0.2) is 15.5 Å². The van der Waals surface area contributed by atoms with Crippen molar-refractivity contribution in [1.82, 2.24) is 14.9 Å². The predicted octanol–water partition coefficient (Wildman–Crippen LogP) is 3.64. The van der Waals surface area contributed by atoms with E-state index < -0.39 is 0 Å². The molecule has 3 rings (SSSR count). The van der Waals surface area contributed by atoms with Gasteiger partial charge in [-0.05, 0) is 43.3 Å². The second-order valence-electron chi connectivity index (χ2n) is 4.95. The number of hydrogen-bond donors (Lipinski definition) is 1.